The Kier molecular flexibility index (Phi) is 3.02. The van der Waals surface area contributed by atoms with Crippen LogP contribution in [-0.2, 0) is 11.2 Å². The first-order valence-electron chi connectivity index (χ1n) is 5.35. The lowest BCUT2D eigenvalue weighted by molar-refractivity contribution is -0.132. The standard InChI is InChI=1S/C14H14O2/c15-13(11-12-7-3-1-4-8-12)14(16)9-5-2-6-10-14/h1-9,16H,10-11H2/t14-/m0/s1. The van der Waals surface area contributed by atoms with E-state index in [-0.39, 0.29) is 12.2 Å². The van der Waals surface area contributed by atoms with Crippen LogP contribution in [-0.4, -0.2) is 16.5 Å². The number of ketones is 1. The van der Waals surface area contributed by atoms with Gasteiger partial charge in [0.25, 0.3) is 0 Å². The van der Waals surface area contributed by atoms with E-state index in [2.05, 4.69) is 0 Å². The minimum Gasteiger partial charge on any atom is -0.378 e. The number of aliphatic hydroxyl groups is 1. The molecule has 1 aromatic carbocycles. The van der Waals surface area contributed by atoms with E-state index in [9.17, 15) is 9.90 Å². The second kappa shape index (κ2) is 4.45. The molecule has 1 aliphatic rings. The van der Waals surface area contributed by atoms with Gasteiger partial charge in [-0.2, -0.15) is 0 Å². The molecule has 82 valence electrons. The maximum Gasteiger partial charge on any atom is 0.172 e. The van der Waals surface area contributed by atoms with Gasteiger partial charge in [0.1, 0.15) is 5.60 Å². The number of hydrogen-bond donors (Lipinski definition) is 1. The summed E-state index contributed by atoms with van der Waals surface area (Å²) in [6, 6.07) is 9.48. The van der Waals surface area contributed by atoms with Crippen molar-refractivity contribution in [2.75, 3.05) is 0 Å². The third kappa shape index (κ3) is 2.28. The van der Waals surface area contributed by atoms with Crippen molar-refractivity contribution in [3.63, 3.8) is 0 Å². The molecule has 0 radical (unpaired) electrons. The van der Waals surface area contributed by atoms with Crippen LogP contribution in [0, 0.1) is 0 Å². The molecule has 0 amide bonds. The zero-order valence-corrected chi connectivity index (χ0v) is 8.97. The zero-order chi connectivity index (χ0) is 11.4. The highest BCUT2D eigenvalue weighted by atomic mass is 16.3. The van der Waals surface area contributed by atoms with Gasteiger partial charge in [-0.1, -0.05) is 48.6 Å². The number of carbonyl (C=O) groups excluding carboxylic acids is 1. The van der Waals surface area contributed by atoms with Gasteiger partial charge < -0.3 is 5.11 Å². The number of Topliss-reactive ketones (excluding diaryl/α,β-unsaturated/α-hetero) is 1. The van der Waals surface area contributed by atoms with E-state index in [0.29, 0.717) is 6.42 Å². The molecule has 0 heterocycles. The Bertz CT molecular complexity index is 431. The second-order valence-corrected chi connectivity index (χ2v) is 4.00. The number of hydrogen-bond acceptors (Lipinski definition) is 2. The highest BCUT2D eigenvalue weighted by molar-refractivity contribution is 5.91. The van der Waals surface area contributed by atoms with Crippen LogP contribution in [0.1, 0.15) is 12.0 Å². The highest BCUT2D eigenvalue weighted by Crippen LogP contribution is 2.20. The van der Waals surface area contributed by atoms with E-state index in [0.717, 1.165) is 5.56 Å². The molecule has 0 saturated heterocycles. The molecular formula is C14H14O2. The van der Waals surface area contributed by atoms with Crippen molar-refractivity contribution in [1.29, 1.82) is 0 Å². The summed E-state index contributed by atoms with van der Waals surface area (Å²) in [6.45, 7) is 0. The minimum atomic E-state index is -1.31. The van der Waals surface area contributed by atoms with Gasteiger partial charge in [-0.15, -0.1) is 0 Å². The normalized spacial score (nSPS) is 23.3. The average molecular weight is 214 g/mol. The predicted molar refractivity (Wildman–Crippen MR) is 63.0 cm³/mol. The fraction of sp³-hybridized carbons (Fsp3) is 0.214. The topological polar surface area (TPSA) is 37.3 Å². The Labute approximate surface area is 94.9 Å². The van der Waals surface area contributed by atoms with E-state index in [1.807, 2.05) is 42.5 Å². The molecule has 1 N–H and O–H groups in total. The van der Waals surface area contributed by atoms with Gasteiger partial charge in [-0.05, 0) is 11.6 Å². The molecule has 0 bridgehead atoms. The lowest BCUT2D eigenvalue weighted by Gasteiger charge is -2.23. The van der Waals surface area contributed by atoms with E-state index in [1.54, 1.807) is 12.2 Å². The first kappa shape index (κ1) is 10.8. The summed E-state index contributed by atoms with van der Waals surface area (Å²) in [5.41, 5.74) is -0.381. The second-order valence-electron chi connectivity index (χ2n) is 4.00. The summed E-state index contributed by atoms with van der Waals surface area (Å²) >= 11 is 0. The smallest absolute Gasteiger partial charge is 0.172 e. The first-order chi connectivity index (χ1) is 7.71. The van der Waals surface area contributed by atoms with Crippen LogP contribution in [0.2, 0.25) is 0 Å². The number of rotatable bonds is 3. The molecule has 0 aromatic heterocycles. The average Bonchev–Trinajstić information content (AvgIpc) is 2.31. The van der Waals surface area contributed by atoms with E-state index in [4.69, 9.17) is 0 Å². The Morgan fingerprint density at radius 1 is 1.25 bits per heavy atom. The minimum absolute atomic E-state index is 0.153. The highest BCUT2D eigenvalue weighted by Gasteiger charge is 2.31. The molecular weight excluding hydrogens is 200 g/mol. The van der Waals surface area contributed by atoms with Crippen LogP contribution in [0.3, 0.4) is 0 Å². The molecule has 1 atom stereocenters. The van der Waals surface area contributed by atoms with Crippen LogP contribution in [0.25, 0.3) is 0 Å². The summed E-state index contributed by atoms with van der Waals surface area (Å²) in [5, 5.41) is 10.1. The molecule has 0 fully saturated rings. The van der Waals surface area contributed by atoms with Crippen molar-refractivity contribution in [3.8, 4) is 0 Å². The molecule has 0 aliphatic heterocycles. The summed E-state index contributed by atoms with van der Waals surface area (Å²) < 4.78 is 0. The van der Waals surface area contributed by atoms with E-state index in [1.165, 1.54) is 0 Å². The molecule has 0 spiro atoms. The Morgan fingerprint density at radius 2 is 2.00 bits per heavy atom. The van der Waals surface area contributed by atoms with Crippen molar-refractivity contribution >= 4 is 5.78 Å². The maximum atomic E-state index is 12.0. The number of benzene rings is 1. The van der Waals surface area contributed by atoms with E-state index >= 15 is 0 Å². The number of carbonyl (C=O) groups is 1. The molecule has 1 aromatic rings. The Morgan fingerprint density at radius 3 is 2.62 bits per heavy atom. The van der Waals surface area contributed by atoms with Crippen LogP contribution in [0.15, 0.2) is 54.6 Å². The molecule has 0 unspecified atom stereocenters. The van der Waals surface area contributed by atoms with Gasteiger partial charge in [-0.25, -0.2) is 0 Å². The van der Waals surface area contributed by atoms with Crippen LogP contribution >= 0.6 is 0 Å². The summed E-state index contributed by atoms with van der Waals surface area (Å²) in [4.78, 5) is 12.0. The molecule has 2 rings (SSSR count). The first-order valence-corrected chi connectivity index (χ1v) is 5.35. The largest absolute Gasteiger partial charge is 0.378 e. The third-order valence-corrected chi connectivity index (χ3v) is 2.74. The van der Waals surface area contributed by atoms with Crippen LogP contribution < -0.4 is 0 Å². The van der Waals surface area contributed by atoms with Crippen molar-refractivity contribution in [3.05, 3.63) is 60.2 Å². The van der Waals surface area contributed by atoms with Crippen molar-refractivity contribution in [1.82, 2.24) is 0 Å². The van der Waals surface area contributed by atoms with Gasteiger partial charge in [-0.3, -0.25) is 4.79 Å². The molecule has 2 nitrogen and oxygen atoms in total. The van der Waals surface area contributed by atoms with Crippen LogP contribution in [0.5, 0.6) is 0 Å². The summed E-state index contributed by atoms with van der Waals surface area (Å²) in [7, 11) is 0. The maximum absolute atomic E-state index is 12.0. The molecule has 16 heavy (non-hydrogen) atoms. The summed E-state index contributed by atoms with van der Waals surface area (Å²) in [5.74, 6) is -0.153. The zero-order valence-electron chi connectivity index (χ0n) is 8.97. The SMILES string of the molecule is O=C(Cc1ccccc1)[C@]1(O)C=CC=CC1. The van der Waals surface area contributed by atoms with Crippen LogP contribution in [0.4, 0.5) is 0 Å². The summed E-state index contributed by atoms with van der Waals surface area (Å²) in [6.07, 6.45) is 7.57. The fourth-order valence-corrected chi connectivity index (χ4v) is 1.75. The third-order valence-electron chi connectivity index (χ3n) is 2.74. The number of allylic oxidation sites excluding steroid dienone is 2. The van der Waals surface area contributed by atoms with Crippen molar-refractivity contribution < 1.29 is 9.90 Å². The lowest BCUT2D eigenvalue weighted by atomic mass is 9.87. The fourth-order valence-electron chi connectivity index (χ4n) is 1.75. The Balaban J connectivity index is 2.09. The molecule has 0 saturated carbocycles. The van der Waals surface area contributed by atoms with Crippen molar-refractivity contribution in [2.24, 2.45) is 0 Å². The predicted octanol–water partition coefficient (Wildman–Crippen LogP) is 2.05. The lowest BCUT2D eigenvalue weighted by Crippen LogP contribution is -2.37. The van der Waals surface area contributed by atoms with Gasteiger partial charge >= 0.3 is 0 Å². The quantitative estimate of drug-likeness (QED) is 0.836. The molecule has 1 aliphatic carbocycles. The van der Waals surface area contributed by atoms with E-state index < -0.39 is 5.60 Å². The van der Waals surface area contributed by atoms with Gasteiger partial charge in [0.05, 0.1) is 0 Å². The monoisotopic (exact) mass is 214 g/mol. The Hall–Kier alpha value is -1.67. The van der Waals surface area contributed by atoms with Gasteiger partial charge in [0.2, 0.25) is 0 Å². The van der Waals surface area contributed by atoms with Crippen molar-refractivity contribution in [2.45, 2.75) is 18.4 Å². The van der Waals surface area contributed by atoms with Gasteiger partial charge in [0.15, 0.2) is 5.78 Å². The van der Waals surface area contributed by atoms with Gasteiger partial charge in [0, 0.05) is 12.8 Å². The molecule has 2 heteroatoms.